The maximum absolute atomic E-state index is 10.2. The highest BCUT2D eigenvalue weighted by atomic mass is 31.2. The van der Waals surface area contributed by atoms with Crippen LogP contribution in [-0.4, -0.2) is 32.8 Å². The minimum absolute atomic E-state index is 0.158. The molecule has 8 heteroatoms. The summed E-state index contributed by atoms with van der Waals surface area (Å²) in [6.45, 7) is 2.98. The molecule has 1 atom stereocenters. The summed E-state index contributed by atoms with van der Waals surface area (Å²) in [5.41, 5.74) is 1.48. The summed E-state index contributed by atoms with van der Waals surface area (Å²) in [6.07, 6.45) is 19.4. The first-order valence-electron chi connectivity index (χ1n) is 21.4. The van der Waals surface area contributed by atoms with Gasteiger partial charge in [0.25, 0.3) is 0 Å². The van der Waals surface area contributed by atoms with Crippen molar-refractivity contribution < 1.29 is 29.0 Å². The Morgan fingerprint density at radius 2 is 0.776 bits per heavy atom. The fourth-order valence-corrected chi connectivity index (χ4v) is 9.17. The minimum atomic E-state index is -2.31. The molecule has 0 saturated heterocycles. The molecule has 0 fully saturated rings. The quantitative estimate of drug-likeness (QED) is 0.0239. The predicted molar refractivity (Wildman–Crippen MR) is 242 cm³/mol. The van der Waals surface area contributed by atoms with Crippen molar-refractivity contribution in [3.63, 3.8) is 0 Å². The van der Waals surface area contributed by atoms with Crippen LogP contribution in [-0.2, 0) is 15.8 Å². The molecular weight excluding hydrogens is 758 g/mol. The normalized spacial score (nSPS) is 12.9. The zero-order chi connectivity index (χ0) is 40.9. The van der Waals surface area contributed by atoms with Crippen LogP contribution < -0.4 is 15.3 Å². The van der Waals surface area contributed by atoms with E-state index in [-0.39, 0.29) is 6.61 Å². The summed E-state index contributed by atoms with van der Waals surface area (Å²) in [5.74, 6) is 0.527. The molecule has 4 N–H and O–H groups in total. The molecule has 1 unspecified atom stereocenters. The van der Waals surface area contributed by atoms with E-state index in [0.29, 0.717) is 23.0 Å². The Morgan fingerprint density at radius 1 is 0.414 bits per heavy atom. The monoisotopic (exact) mass is 822 g/mol. The molecule has 6 nitrogen and oxygen atoms in total. The number of hydrogen-bond donors (Lipinski definition) is 4. The van der Waals surface area contributed by atoms with Crippen molar-refractivity contribution in [2.45, 2.75) is 114 Å². The molecule has 0 bridgehead atoms. The van der Waals surface area contributed by atoms with Gasteiger partial charge in [0.2, 0.25) is 0 Å². The summed E-state index contributed by atoms with van der Waals surface area (Å²) in [5, 5.41) is 0.848. The van der Waals surface area contributed by atoms with Gasteiger partial charge in [0.1, 0.15) is 5.75 Å². The molecule has 0 spiro atoms. The van der Waals surface area contributed by atoms with Crippen LogP contribution in [0, 0.1) is 0 Å². The van der Waals surface area contributed by atoms with Gasteiger partial charge in [0, 0.05) is 17.2 Å². The number of rotatable bonds is 27. The third-order valence-electron chi connectivity index (χ3n) is 11.3. The van der Waals surface area contributed by atoms with Gasteiger partial charge in [0.15, 0.2) is 22.4 Å². The van der Waals surface area contributed by atoms with Crippen LogP contribution in [0.15, 0.2) is 140 Å². The lowest BCUT2D eigenvalue weighted by Crippen LogP contribution is -2.57. The van der Waals surface area contributed by atoms with E-state index in [9.17, 15) is 19.6 Å². The van der Waals surface area contributed by atoms with E-state index in [1.807, 2.05) is 66.7 Å². The molecule has 58 heavy (non-hydrogen) atoms. The van der Waals surface area contributed by atoms with E-state index in [1.165, 1.54) is 83.5 Å². The van der Waals surface area contributed by atoms with Crippen molar-refractivity contribution in [1.82, 2.24) is 0 Å². The second-order valence-corrected chi connectivity index (χ2v) is 17.6. The Kier molecular flexibility index (Phi) is 19.4. The molecule has 0 amide bonds. The molecule has 0 radical (unpaired) electrons. The third kappa shape index (κ3) is 12.3. The van der Waals surface area contributed by atoms with E-state index < -0.39 is 27.8 Å². The second-order valence-electron chi connectivity index (χ2n) is 15.4. The van der Waals surface area contributed by atoms with Crippen LogP contribution in [0.3, 0.4) is 0 Å². The van der Waals surface area contributed by atoms with Gasteiger partial charge in [-0.3, -0.25) is 0 Å². The van der Waals surface area contributed by atoms with Gasteiger partial charge in [0.05, 0.1) is 12.0 Å². The highest BCUT2D eigenvalue weighted by molar-refractivity contribution is 7.54. The molecule has 0 aliphatic heterocycles. The van der Waals surface area contributed by atoms with Crippen LogP contribution in [0.5, 0.6) is 5.75 Å². The highest BCUT2D eigenvalue weighted by Crippen LogP contribution is 2.54. The zero-order valence-corrected chi connectivity index (χ0v) is 36.1. The molecule has 5 aromatic rings. The average molecular weight is 823 g/mol. The first-order valence-corrected chi connectivity index (χ1v) is 23.9. The number of hydrogen-bond acceptors (Lipinski definition) is 6. The summed E-state index contributed by atoms with van der Waals surface area (Å²) in [4.78, 5) is 40.4. The van der Waals surface area contributed by atoms with Gasteiger partial charge in [-0.15, -0.1) is 0 Å². The standard InChI is InChI=1S/C50H64O6P2/c1-2-3-4-5-6-7-8-9-10-11-12-13-14-15-25-40-55-41-49(42-32-36-47(37-33-42)57(51)52,56-46-34-38-48(39-35-46)58(53)54)50(43-26-19-16-20-27-43,44-28-21-17-22-29-44)45-30-23-18-24-31-45/h16-24,26-39,51-54H,2-15,25,40-41H2,1H3. The molecular formula is C50H64O6P2. The lowest BCUT2D eigenvalue weighted by atomic mass is 9.57. The van der Waals surface area contributed by atoms with Crippen LogP contribution in [0.25, 0.3) is 0 Å². The van der Waals surface area contributed by atoms with Gasteiger partial charge >= 0.3 is 0 Å². The van der Waals surface area contributed by atoms with Crippen molar-refractivity contribution in [3.05, 3.63) is 162 Å². The molecule has 0 heterocycles. The molecule has 0 aliphatic carbocycles. The van der Waals surface area contributed by atoms with Gasteiger partial charge < -0.3 is 29.0 Å². The SMILES string of the molecule is CCCCCCCCCCCCCCCCCOCC(Oc1ccc(P(O)O)cc1)(c1ccc(P(O)O)cc1)C(c1ccccc1)(c1ccccc1)c1ccccc1. The lowest BCUT2D eigenvalue weighted by Gasteiger charge is -2.51. The fraction of sp³-hybridized carbons (Fsp3) is 0.400. The second kappa shape index (κ2) is 24.6. The van der Waals surface area contributed by atoms with Gasteiger partial charge in [-0.2, -0.15) is 0 Å². The Hall–Kier alpha value is -3.44. The Morgan fingerprint density at radius 3 is 1.16 bits per heavy atom. The van der Waals surface area contributed by atoms with E-state index in [4.69, 9.17) is 9.47 Å². The first kappa shape index (κ1) is 45.6. The molecule has 310 valence electrons. The van der Waals surface area contributed by atoms with Crippen molar-refractivity contribution in [3.8, 4) is 5.75 Å². The van der Waals surface area contributed by atoms with Crippen LogP contribution in [0.2, 0.25) is 0 Å². The average Bonchev–Trinajstić information content (AvgIpc) is 3.26. The van der Waals surface area contributed by atoms with E-state index in [2.05, 4.69) is 43.3 Å². The summed E-state index contributed by atoms with van der Waals surface area (Å²) < 4.78 is 14.3. The van der Waals surface area contributed by atoms with Crippen LogP contribution >= 0.6 is 16.8 Å². The largest absolute Gasteiger partial charge is 0.478 e. The van der Waals surface area contributed by atoms with Gasteiger partial charge in [-0.1, -0.05) is 200 Å². The molecule has 5 aromatic carbocycles. The first-order chi connectivity index (χ1) is 28.4. The Bertz CT molecular complexity index is 1730. The lowest BCUT2D eigenvalue weighted by molar-refractivity contribution is -0.0650. The van der Waals surface area contributed by atoms with E-state index in [0.717, 1.165) is 35.1 Å². The van der Waals surface area contributed by atoms with Gasteiger partial charge in [-0.25, -0.2) is 0 Å². The number of benzene rings is 5. The molecule has 5 rings (SSSR count). The third-order valence-corrected chi connectivity index (χ3v) is 12.9. The molecule has 0 aliphatic rings. The maximum Gasteiger partial charge on any atom is 0.199 e. The number of ether oxygens (including phenoxy) is 2. The van der Waals surface area contributed by atoms with Crippen molar-refractivity contribution in [1.29, 1.82) is 0 Å². The van der Waals surface area contributed by atoms with E-state index >= 15 is 0 Å². The predicted octanol–water partition coefficient (Wildman–Crippen LogP) is 11.7. The fourth-order valence-electron chi connectivity index (χ4n) is 8.34. The Balaban J connectivity index is 1.44. The smallest absolute Gasteiger partial charge is 0.199 e. The summed E-state index contributed by atoms with van der Waals surface area (Å²) in [6, 6.07) is 45.4. The van der Waals surface area contributed by atoms with Crippen molar-refractivity contribution >= 4 is 27.4 Å². The zero-order valence-electron chi connectivity index (χ0n) is 34.3. The highest BCUT2D eigenvalue weighted by Gasteiger charge is 2.58. The number of unbranched alkanes of at least 4 members (excludes halogenated alkanes) is 14. The maximum atomic E-state index is 10.2. The summed E-state index contributed by atoms with van der Waals surface area (Å²) in [7, 11) is -4.59. The minimum Gasteiger partial charge on any atom is -0.478 e. The van der Waals surface area contributed by atoms with Crippen LogP contribution in [0.4, 0.5) is 0 Å². The van der Waals surface area contributed by atoms with Crippen molar-refractivity contribution in [2.75, 3.05) is 13.2 Å². The van der Waals surface area contributed by atoms with Crippen molar-refractivity contribution in [2.24, 2.45) is 0 Å². The molecule has 0 aromatic heterocycles. The Labute approximate surface area is 350 Å². The molecule has 0 saturated carbocycles. The topological polar surface area (TPSA) is 99.4 Å². The van der Waals surface area contributed by atoms with Gasteiger partial charge in [-0.05, 0) is 65.1 Å². The van der Waals surface area contributed by atoms with E-state index in [1.54, 1.807) is 36.4 Å². The van der Waals surface area contributed by atoms with Crippen LogP contribution in [0.1, 0.15) is 125 Å². The summed E-state index contributed by atoms with van der Waals surface area (Å²) >= 11 is 0.